The van der Waals surface area contributed by atoms with Crippen LogP contribution in [0.3, 0.4) is 0 Å². The molecule has 1 unspecified atom stereocenters. The van der Waals surface area contributed by atoms with Crippen LogP contribution in [0.1, 0.15) is 49.9 Å². The highest BCUT2D eigenvalue weighted by Crippen LogP contribution is 2.29. The molecule has 0 saturated carbocycles. The zero-order valence-corrected chi connectivity index (χ0v) is 14.1. The smallest absolute Gasteiger partial charge is 0.341 e. The Morgan fingerprint density at radius 2 is 1.83 bits per heavy atom. The zero-order chi connectivity index (χ0) is 17.9. The third kappa shape index (κ3) is 4.13. The summed E-state index contributed by atoms with van der Waals surface area (Å²) in [5.74, 6) is -1.06. The molecule has 0 aliphatic carbocycles. The van der Waals surface area contributed by atoms with Gasteiger partial charge in [0.05, 0.1) is 6.04 Å². The van der Waals surface area contributed by atoms with Gasteiger partial charge in [-0.3, -0.25) is 0 Å². The number of carboxylic acid groups (broad SMARTS) is 1. The predicted molar refractivity (Wildman–Crippen MR) is 88.7 cm³/mol. The van der Waals surface area contributed by atoms with E-state index in [2.05, 4.69) is 15.8 Å². The fourth-order valence-electron chi connectivity index (χ4n) is 2.24. The number of aromatic carboxylic acids is 1. The number of aromatic nitrogens is 1. The van der Waals surface area contributed by atoms with Crippen molar-refractivity contribution in [3.63, 3.8) is 0 Å². The Morgan fingerprint density at radius 3 is 2.38 bits per heavy atom. The SMILES string of the molecule is CC(NC(=O)NC(C)(C)C)c1onc(-c2ccccc2)c1C(=O)O. The molecular weight excluding hydrogens is 310 g/mol. The second kappa shape index (κ2) is 6.74. The first kappa shape index (κ1) is 17.5. The minimum absolute atomic E-state index is 0.0511. The van der Waals surface area contributed by atoms with Crippen molar-refractivity contribution in [2.24, 2.45) is 0 Å². The van der Waals surface area contributed by atoms with Crippen molar-refractivity contribution in [1.29, 1.82) is 0 Å². The van der Waals surface area contributed by atoms with E-state index in [0.29, 0.717) is 5.56 Å². The van der Waals surface area contributed by atoms with E-state index in [4.69, 9.17) is 4.52 Å². The van der Waals surface area contributed by atoms with Crippen molar-refractivity contribution in [1.82, 2.24) is 15.8 Å². The monoisotopic (exact) mass is 331 g/mol. The van der Waals surface area contributed by atoms with E-state index in [1.54, 1.807) is 31.2 Å². The fraction of sp³-hybridized carbons (Fsp3) is 0.353. The minimum Gasteiger partial charge on any atom is -0.477 e. The molecule has 7 heteroatoms. The van der Waals surface area contributed by atoms with Crippen LogP contribution in [0, 0.1) is 0 Å². The van der Waals surface area contributed by atoms with Crippen molar-refractivity contribution in [2.75, 3.05) is 0 Å². The summed E-state index contributed by atoms with van der Waals surface area (Å²) in [6, 6.07) is 7.83. The molecule has 128 valence electrons. The topological polar surface area (TPSA) is 104 Å². The lowest BCUT2D eigenvalue weighted by Crippen LogP contribution is -2.47. The Labute approximate surface area is 140 Å². The maximum absolute atomic E-state index is 12.0. The molecule has 0 saturated heterocycles. The molecule has 3 N–H and O–H groups in total. The van der Waals surface area contributed by atoms with E-state index in [0.717, 1.165) is 0 Å². The van der Waals surface area contributed by atoms with Gasteiger partial charge in [-0.25, -0.2) is 9.59 Å². The highest BCUT2D eigenvalue weighted by atomic mass is 16.5. The number of carbonyl (C=O) groups is 2. The predicted octanol–water partition coefficient (Wildman–Crippen LogP) is 3.20. The third-order valence-electron chi connectivity index (χ3n) is 3.21. The van der Waals surface area contributed by atoms with Crippen LogP contribution < -0.4 is 10.6 Å². The molecule has 2 rings (SSSR count). The van der Waals surface area contributed by atoms with Crippen molar-refractivity contribution in [3.05, 3.63) is 41.7 Å². The zero-order valence-electron chi connectivity index (χ0n) is 14.1. The third-order valence-corrected chi connectivity index (χ3v) is 3.21. The molecule has 24 heavy (non-hydrogen) atoms. The van der Waals surface area contributed by atoms with Gasteiger partial charge in [0.15, 0.2) is 5.76 Å². The average Bonchev–Trinajstić information content (AvgIpc) is 2.91. The molecule has 0 spiro atoms. The number of carbonyl (C=O) groups excluding carboxylic acids is 1. The summed E-state index contributed by atoms with van der Waals surface area (Å²) in [6.07, 6.45) is 0. The van der Waals surface area contributed by atoms with Gasteiger partial charge in [-0.05, 0) is 27.7 Å². The molecule has 0 fully saturated rings. The highest BCUT2D eigenvalue weighted by molar-refractivity contribution is 5.96. The molecule has 1 atom stereocenters. The molecule has 0 bridgehead atoms. The van der Waals surface area contributed by atoms with Crippen LogP contribution in [0.2, 0.25) is 0 Å². The van der Waals surface area contributed by atoms with E-state index in [9.17, 15) is 14.7 Å². The van der Waals surface area contributed by atoms with Crippen molar-refractivity contribution in [3.8, 4) is 11.3 Å². The summed E-state index contributed by atoms with van der Waals surface area (Å²) in [7, 11) is 0. The van der Waals surface area contributed by atoms with Gasteiger partial charge in [0.1, 0.15) is 11.3 Å². The van der Waals surface area contributed by atoms with E-state index >= 15 is 0 Å². The molecule has 2 amide bonds. The Morgan fingerprint density at radius 1 is 1.21 bits per heavy atom. The fourth-order valence-corrected chi connectivity index (χ4v) is 2.24. The number of amides is 2. The number of carboxylic acids is 1. The first-order valence-corrected chi connectivity index (χ1v) is 7.56. The standard InChI is InChI=1S/C17H21N3O4/c1-10(18-16(23)19-17(2,3)4)14-12(15(21)22)13(20-24-14)11-8-6-5-7-9-11/h5-10H,1-4H3,(H,21,22)(H2,18,19,23). The van der Waals surface area contributed by atoms with Crippen LogP contribution in [0.15, 0.2) is 34.9 Å². The van der Waals surface area contributed by atoms with Crippen LogP contribution in [-0.4, -0.2) is 27.8 Å². The second-order valence-electron chi connectivity index (χ2n) is 6.51. The molecule has 1 aromatic heterocycles. The molecule has 7 nitrogen and oxygen atoms in total. The number of rotatable bonds is 4. The maximum atomic E-state index is 12.0. The molecule has 2 aromatic rings. The number of nitrogens with one attached hydrogen (secondary N) is 2. The van der Waals surface area contributed by atoms with Gasteiger partial charge in [0.2, 0.25) is 0 Å². The Kier molecular flexibility index (Phi) is 4.92. The largest absolute Gasteiger partial charge is 0.477 e. The number of hydrogen-bond donors (Lipinski definition) is 3. The molecule has 0 aliphatic heterocycles. The van der Waals surface area contributed by atoms with Gasteiger partial charge in [-0.15, -0.1) is 0 Å². The Bertz CT molecular complexity index is 732. The van der Waals surface area contributed by atoms with Gasteiger partial charge in [0, 0.05) is 11.1 Å². The lowest BCUT2D eigenvalue weighted by molar-refractivity contribution is 0.0693. The van der Waals surface area contributed by atoms with Crippen molar-refractivity contribution < 1.29 is 19.2 Å². The van der Waals surface area contributed by atoms with E-state index in [1.165, 1.54) is 0 Å². The molecule has 0 aliphatic rings. The quantitative estimate of drug-likeness (QED) is 0.798. The van der Waals surface area contributed by atoms with E-state index < -0.39 is 23.6 Å². The maximum Gasteiger partial charge on any atom is 0.341 e. The van der Waals surface area contributed by atoms with Gasteiger partial charge in [-0.2, -0.15) is 0 Å². The number of benzene rings is 1. The van der Waals surface area contributed by atoms with Gasteiger partial charge in [-0.1, -0.05) is 35.5 Å². The van der Waals surface area contributed by atoms with Gasteiger partial charge < -0.3 is 20.3 Å². The summed E-state index contributed by atoms with van der Waals surface area (Å²) in [6.45, 7) is 7.19. The van der Waals surface area contributed by atoms with Crippen LogP contribution in [0.25, 0.3) is 11.3 Å². The van der Waals surface area contributed by atoms with Crippen LogP contribution >= 0.6 is 0 Å². The summed E-state index contributed by atoms with van der Waals surface area (Å²) in [5.41, 5.74) is 0.416. The molecular formula is C17H21N3O4. The molecule has 0 radical (unpaired) electrons. The minimum atomic E-state index is -1.16. The molecule has 1 aromatic carbocycles. The summed E-state index contributed by atoms with van der Waals surface area (Å²) < 4.78 is 5.23. The average molecular weight is 331 g/mol. The summed E-state index contributed by atoms with van der Waals surface area (Å²) >= 11 is 0. The van der Waals surface area contributed by atoms with E-state index in [1.807, 2.05) is 26.8 Å². The lowest BCUT2D eigenvalue weighted by atomic mass is 10.0. The number of hydrogen-bond acceptors (Lipinski definition) is 4. The lowest BCUT2D eigenvalue weighted by Gasteiger charge is -2.22. The van der Waals surface area contributed by atoms with Crippen molar-refractivity contribution >= 4 is 12.0 Å². The van der Waals surface area contributed by atoms with Crippen LogP contribution in [-0.2, 0) is 0 Å². The van der Waals surface area contributed by atoms with Gasteiger partial charge in [0.25, 0.3) is 0 Å². The summed E-state index contributed by atoms with van der Waals surface area (Å²) in [4.78, 5) is 23.6. The molecule has 1 heterocycles. The second-order valence-corrected chi connectivity index (χ2v) is 6.51. The normalized spacial score (nSPS) is 12.5. The highest BCUT2D eigenvalue weighted by Gasteiger charge is 2.28. The Hall–Kier alpha value is -2.83. The number of urea groups is 1. The van der Waals surface area contributed by atoms with Crippen molar-refractivity contribution in [2.45, 2.75) is 39.3 Å². The Balaban J connectivity index is 2.29. The first-order valence-electron chi connectivity index (χ1n) is 7.56. The van der Waals surface area contributed by atoms with Crippen LogP contribution in [0.4, 0.5) is 4.79 Å². The van der Waals surface area contributed by atoms with Gasteiger partial charge >= 0.3 is 12.0 Å². The first-order chi connectivity index (χ1) is 11.2. The van der Waals surface area contributed by atoms with Crippen LogP contribution in [0.5, 0.6) is 0 Å². The van der Waals surface area contributed by atoms with E-state index in [-0.39, 0.29) is 17.0 Å². The number of nitrogens with zero attached hydrogens (tertiary/aromatic N) is 1. The summed E-state index contributed by atoms with van der Waals surface area (Å²) in [5, 5.41) is 18.8.